The molecule has 0 amide bonds. The molecule has 6 heteroatoms. The summed E-state index contributed by atoms with van der Waals surface area (Å²) in [5, 5.41) is 0.899. The van der Waals surface area contributed by atoms with Gasteiger partial charge >= 0.3 is 0 Å². The van der Waals surface area contributed by atoms with Crippen molar-refractivity contribution in [2.45, 2.75) is 16.5 Å². The largest absolute Gasteiger partial charge is 0.329 e. The predicted molar refractivity (Wildman–Crippen MR) is 73.8 cm³/mol. The van der Waals surface area contributed by atoms with E-state index in [0.29, 0.717) is 6.54 Å². The van der Waals surface area contributed by atoms with Crippen molar-refractivity contribution in [3.05, 3.63) is 40.7 Å². The van der Waals surface area contributed by atoms with Crippen molar-refractivity contribution in [3.8, 4) is 0 Å². The zero-order valence-corrected chi connectivity index (χ0v) is 11.6. The van der Waals surface area contributed by atoms with Crippen LogP contribution < -0.4 is 5.73 Å². The minimum atomic E-state index is 0.168. The summed E-state index contributed by atoms with van der Waals surface area (Å²) in [4.78, 5) is 4.33. The number of aromatic nitrogens is 2. The van der Waals surface area contributed by atoms with E-state index in [9.17, 15) is 0 Å². The summed E-state index contributed by atoms with van der Waals surface area (Å²) in [5.74, 6) is 0.805. The van der Waals surface area contributed by atoms with Gasteiger partial charge in [-0.15, -0.1) is 0 Å². The Morgan fingerprint density at radius 1 is 1.53 bits per heavy atom. The summed E-state index contributed by atoms with van der Waals surface area (Å²) in [5.41, 5.74) is 6.93. The molecule has 2 rings (SSSR count). The fourth-order valence-corrected chi connectivity index (χ4v) is 3.47. The van der Waals surface area contributed by atoms with Crippen molar-refractivity contribution in [1.82, 2.24) is 9.36 Å². The summed E-state index contributed by atoms with van der Waals surface area (Å²) >= 11 is 9.02. The van der Waals surface area contributed by atoms with Gasteiger partial charge in [0.2, 0.25) is 0 Å². The van der Waals surface area contributed by atoms with Gasteiger partial charge in [-0.3, -0.25) is 0 Å². The Kier molecular flexibility index (Phi) is 4.39. The Labute approximate surface area is 114 Å². The van der Waals surface area contributed by atoms with E-state index in [1.165, 1.54) is 11.5 Å². The van der Waals surface area contributed by atoms with Crippen LogP contribution in [0.5, 0.6) is 0 Å². The van der Waals surface area contributed by atoms with Gasteiger partial charge in [-0.25, -0.2) is 4.98 Å². The Morgan fingerprint density at radius 2 is 2.35 bits per heavy atom. The molecule has 0 saturated carbocycles. The van der Waals surface area contributed by atoms with Crippen molar-refractivity contribution in [1.29, 1.82) is 0 Å². The molecule has 2 N–H and O–H groups in total. The number of thioether (sulfide) groups is 1. The zero-order valence-electron chi connectivity index (χ0n) is 9.26. The predicted octanol–water partition coefficient (Wildman–Crippen LogP) is 3.29. The van der Waals surface area contributed by atoms with Crippen LogP contribution in [-0.2, 0) is 0 Å². The van der Waals surface area contributed by atoms with Crippen molar-refractivity contribution in [3.63, 3.8) is 0 Å². The Hall–Kier alpha value is -0.620. The van der Waals surface area contributed by atoms with Gasteiger partial charge < -0.3 is 5.73 Å². The van der Waals surface area contributed by atoms with E-state index < -0.39 is 0 Å². The van der Waals surface area contributed by atoms with Gasteiger partial charge in [0.1, 0.15) is 5.82 Å². The second-order valence-electron chi connectivity index (χ2n) is 3.50. The second kappa shape index (κ2) is 5.82. The maximum atomic E-state index is 5.98. The molecule has 0 radical (unpaired) electrons. The van der Waals surface area contributed by atoms with E-state index in [-0.39, 0.29) is 5.25 Å². The van der Waals surface area contributed by atoms with Gasteiger partial charge in [0.25, 0.3) is 0 Å². The van der Waals surface area contributed by atoms with Gasteiger partial charge in [0.05, 0.1) is 0 Å². The molecule has 0 aliphatic carbocycles. The molecule has 0 fully saturated rings. The normalized spacial score (nSPS) is 12.6. The maximum Gasteiger partial charge on any atom is 0.170 e. The second-order valence-corrected chi connectivity index (χ2v) is 6.14. The smallest absolute Gasteiger partial charge is 0.170 e. The SMILES string of the molecule is Cc1nsc(SC(CN)c2cccc(Cl)c2)n1. The van der Waals surface area contributed by atoms with Gasteiger partial charge in [-0.05, 0) is 36.2 Å². The molecule has 90 valence electrons. The highest BCUT2D eigenvalue weighted by Crippen LogP contribution is 2.35. The Bertz CT molecular complexity index is 501. The van der Waals surface area contributed by atoms with E-state index in [2.05, 4.69) is 9.36 Å². The molecule has 3 nitrogen and oxygen atoms in total. The zero-order chi connectivity index (χ0) is 12.3. The Balaban J connectivity index is 2.16. The number of nitrogens with zero attached hydrogens (tertiary/aromatic N) is 2. The molecule has 2 aromatic rings. The molecule has 17 heavy (non-hydrogen) atoms. The lowest BCUT2D eigenvalue weighted by Gasteiger charge is -2.12. The molecule has 1 aromatic carbocycles. The number of aryl methyl sites for hydroxylation is 1. The minimum absolute atomic E-state index is 0.168. The van der Waals surface area contributed by atoms with Crippen LogP contribution in [0.25, 0.3) is 0 Å². The van der Waals surface area contributed by atoms with E-state index in [1.54, 1.807) is 11.8 Å². The standard InChI is InChI=1S/C11H12ClN3S2/c1-7-14-11(17-15-7)16-10(6-13)8-3-2-4-9(12)5-8/h2-5,10H,6,13H2,1H3. The number of hydrogen-bond donors (Lipinski definition) is 1. The summed E-state index contributed by atoms with van der Waals surface area (Å²) in [6.45, 7) is 2.43. The third-order valence-electron chi connectivity index (χ3n) is 2.19. The highest BCUT2D eigenvalue weighted by molar-refractivity contribution is 8.01. The summed E-state index contributed by atoms with van der Waals surface area (Å²) in [7, 11) is 0. The lowest BCUT2D eigenvalue weighted by molar-refractivity contribution is 0.938. The van der Waals surface area contributed by atoms with Crippen LogP contribution in [0, 0.1) is 6.92 Å². The lowest BCUT2D eigenvalue weighted by atomic mass is 10.1. The van der Waals surface area contributed by atoms with E-state index >= 15 is 0 Å². The number of hydrogen-bond acceptors (Lipinski definition) is 5. The van der Waals surface area contributed by atoms with Gasteiger partial charge in [-0.2, -0.15) is 4.37 Å². The van der Waals surface area contributed by atoms with Crippen molar-refractivity contribution >= 4 is 34.9 Å². The van der Waals surface area contributed by atoms with Crippen molar-refractivity contribution in [2.24, 2.45) is 5.73 Å². The first-order valence-corrected chi connectivity index (χ1v) is 7.14. The first kappa shape index (κ1) is 12.8. The molecule has 0 bridgehead atoms. The highest BCUT2D eigenvalue weighted by atomic mass is 35.5. The Morgan fingerprint density at radius 3 is 2.94 bits per heavy atom. The fraction of sp³-hybridized carbons (Fsp3) is 0.273. The van der Waals surface area contributed by atoms with Gasteiger partial charge in [0.15, 0.2) is 4.34 Å². The molecule has 0 aliphatic rings. The van der Waals surface area contributed by atoms with Crippen LogP contribution in [-0.4, -0.2) is 15.9 Å². The van der Waals surface area contributed by atoms with E-state index in [4.69, 9.17) is 17.3 Å². The number of rotatable bonds is 4. The van der Waals surface area contributed by atoms with E-state index in [1.807, 2.05) is 31.2 Å². The van der Waals surface area contributed by atoms with Gasteiger partial charge in [-0.1, -0.05) is 35.5 Å². The summed E-state index contributed by atoms with van der Waals surface area (Å²) in [6.07, 6.45) is 0. The summed E-state index contributed by atoms with van der Waals surface area (Å²) < 4.78 is 5.10. The molecule has 1 unspecified atom stereocenters. The number of benzene rings is 1. The molecule has 1 heterocycles. The average molecular weight is 286 g/mol. The van der Waals surface area contributed by atoms with Crippen LogP contribution in [0.2, 0.25) is 5.02 Å². The minimum Gasteiger partial charge on any atom is -0.329 e. The molecule has 0 saturated heterocycles. The first-order valence-electron chi connectivity index (χ1n) is 5.11. The molecule has 0 aliphatic heterocycles. The molecule has 0 spiro atoms. The highest BCUT2D eigenvalue weighted by Gasteiger charge is 2.14. The van der Waals surface area contributed by atoms with Gasteiger partial charge in [0, 0.05) is 16.8 Å². The first-order chi connectivity index (χ1) is 8.19. The topological polar surface area (TPSA) is 51.8 Å². The number of nitrogens with two attached hydrogens (primary N) is 1. The van der Waals surface area contributed by atoms with Crippen LogP contribution >= 0.6 is 34.9 Å². The molecular weight excluding hydrogens is 274 g/mol. The average Bonchev–Trinajstić information content (AvgIpc) is 2.72. The fourth-order valence-electron chi connectivity index (χ4n) is 1.41. The van der Waals surface area contributed by atoms with Crippen LogP contribution in [0.1, 0.15) is 16.6 Å². The maximum absolute atomic E-state index is 5.98. The summed E-state index contributed by atoms with van der Waals surface area (Å²) in [6, 6.07) is 7.77. The van der Waals surface area contributed by atoms with Crippen molar-refractivity contribution in [2.75, 3.05) is 6.54 Å². The van der Waals surface area contributed by atoms with E-state index in [0.717, 1.165) is 20.8 Å². The molecule has 1 aromatic heterocycles. The van der Waals surface area contributed by atoms with Crippen molar-refractivity contribution < 1.29 is 0 Å². The van der Waals surface area contributed by atoms with Crippen LogP contribution in [0.3, 0.4) is 0 Å². The molecular formula is C11H12ClN3S2. The third kappa shape index (κ3) is 3.42. The number of halogens is 1. The van der Waals surface area contributed by atoms with Crippen LogP contribution in [0.15, 0.2) is 28.6 Å². The monoisotopic (exact) mass is 285 g/mol. The van der Waals surface area contributed by atoms with Crippen LogP contribution in [0.4, 0.5) is 0 Å². The third-order valence-corrected chi connectivity index (χ3v) is 4.58. The quantitative estimate of drug-likeness (QED) is 0.876. The molecule has 1 atom stereocenters. The lowest BCUT2D eigenvalue weighted by Crippen LogP contribution is -2.09.